The van der Waals surface area contributed by atoms with Crippen molar-refractivity contribution in [2.24, 2.45) is 5.92 Å². The second-order valence-electron chi connectivity index (χ2n) is 7.40. The minimum Gasteiger partial charge on any atom is -0.495 e. The van der Waals surface area contributed by atoms with Gasteiger partial charge in [-0.2, -0.15) is 0 Å². The largest absolute Gasteiger partial charge is 0.495 e. The zero-order valence-electron chi connectivity index (χ0n) is 16.7. The first-order valence-corrected chi connectivity index (χ1v) is 11.4. The molecule has 0 spiro atoms. The number of nitrogens with zero attached hydrogens (tertiary/aromatic N) is 1. The molecule has 1 heterocycles. The molecule has 0 aliphatic carbocycles. The summed E-state index contributed by atoms with van der Waals surface area (Å²) in [7, 11) is -2.08. The average Bonchev–Trinajstić information content (AvgIpc) is 2.73. The van der Waals surface area contributed by atoms with Gasteiger partial charge in [0.05, 0.1) is 7.11 Å². The lowest BCUT2D eigenvalue weighted by atomic mass is 9.97. The Morgan fingerprint density at radius 1 is 1.07 bits per heavy atom. The summed E-state index contributed by atoms with van der Waals surface area (Å²) >= 11 is 0. The first kappa shape index (κ1) is 20.8. The minimum absolute atomic E-state index is 0.232. The van der Waals surface area contributed by atoms with Crippen molar-refractivity contribution < 1.29 is 13.2 Å². The van der Waals surface area contributed by atoms with E-state index in [0.717, 1.165) is 44.5 Å². The number of piperidine rings is 1. The van der Waals surface area contributed by atoms with Crippen molar-refractivity contribution in [1.82, 2.24) is 9.62 Å². The van der Waals surface area contributed by atoms with Crippen LogP contribution in [-0.2, 0) is 23.0 Å². The molecule has 3 rings (SSSR count). The maximum Gasteiger partial charge on any atom is 0.244 e. The van der Waals surface area contributed by atoms with Gasteiger partial charge in [0.15, 0.2) is 0 Å². The number of ether oxygens (including phenoxy) is 1. The Morgan fingerprint density at radius 2 is 1.79 bits per heavy atom. The van der Waals surface area contributed by atoms with Crippen LogP contribution in [0.2, 0.25) is 0 Å². The van der Waals surface area contributed by atoms with Gasteiger partial charge in [0, 0.05) is 13.1 Å². The lowest BCUT2D eigenvalue weighted by Gasteiger charge is -2.32. The van der Waals surface area contributed by atoms with E-state index in [-0.39, 0.29) is 4.90 Å². The van der Waals surface area contributed by atoms with Crippen molar-refractivity contribution in [3.8, 4) is 5.75 Å². The third kappa shape index (κ3) is 5.34. The summed E-state index contributed by atoms with van der Waals surface area (Å²) in [6.07, 6.45) is 2.79. The van der Waals surface area contributed by atoms with E-state index in [9.17, 15) is 8.42 Å². The summed E-state index contributed by atoms with van der Waals surface area (Å²) in [5.74, 6) is 0.754. The number of likely N-dealkylation sites (tertiary alicyclic amines) is 1. The number of nitrogens with one attached hydrogen (secondary N) is 1. The van der Waals surface area contributed by atoms with E-state index >= 15 is 0 Å². The van der Waals surface area contributed by atoms with Crippen LogP contribution in [0, 0.1) is 5.92 Å². The minimum atomic E-state index is -3.59. The first-order valence-electron chi connectivity index (χ1n) is 9.94. The van der Waals surface area contributed by atoms with E-state index < -0.39 is 10.0 Å². The number of hydrogen-bond acceptors (Lipinski definition) is 4. The zero-order valence-corrected chi connectivity index (χ0v) is 17.5. The fourth-order valence-corrected chi connectivity index (χ4v) is 4.98. The Hall–Kier alpha value is -1.89. The molecule has 0 aromatic heterocycles. The molecule has 28 heavy (non-hydrogen) atoms. The number of benzene rings is 2. The number of hydrogen-bond donors (Lipinski definition) is 1. The molecular weight excluding hydrogens is 372 g/mol. The van der Waals surface area contributed by atoms with Gasteiger partial charge in [-0.05, 0) is 61.5 Å². The molecule has 152 valence electrons. The van der Waals surface area contributed by atoms with Gasteiger partial charge in [0.2, 0.25) is 10.0 Å². The third-order valence-corrected chi connectivity index (χ3v) is 6.89. The fraction of sp³-hybridized carbons (Fsp3) is 0.455. The molecule has 0 atom stereocenters. The van der Waals surface area contributed by atoms with E-state index in [1.807, 2.05) is 19.1 Å². The fourth-order valence-electron chi connectivity index (χ4n) is 3.65. The lowest BCUT2D eigenvalue weighted by Crippen LogP contribution is -2.38. The van der Waals surface area contributed by atoms with Crippen molar-refractivity contribution in [1.29, 1.82) is 0 Å². The highest BCUT2D eigenvalue weighted by Crippen LogP contribution is 2.26. The Bertz CT molecular complexity index is 861. The van der Waals surface area contributed by atoms with Gasteiger partial charge in [-0.25, -0.2) is 13.1 Å². The molecule has 2 aromatic rings. The Balaban J connectivity index is 1.55. The second-order valence-corrected chi connectivity index (χ2v) is 9.13. The van der Waals surface area contributed by atoms with E-state index in [2.05, 4.69) is 33.9 Å². The summed E-state index contributed by atoms with van der Waals surface area (Å²) in [4.78, 5) is 2.67. The maximum atomic E-state index is 12.8. The lowest BCUT2D eigenvalue weighted by molar-refractivity contribution is 0.178. The van der Waals surface area contributed by atoms with Gasteiger partial charge in [-0.15, -0.1) is 0 Å². The van der Waals surface area contributed by atoms with Crippen molar-refractivity contribution in [2.45, 2.75) is 37.6 Å². The van der Waals surface area contributed by atoms with Crippen molar-refractivity contribution in [2.75, 3.05) is 26.7 Å². The van der Waals surface area contributed by atoms with Gasteiger partial charge in [-0.1, -0.05) is 43.3 Å². The van der Waals surface area contributed by atoms with Crippen LogP contribution in [-0.4, -0.2) is 40.1 Å². The standard InChI is InChI=1S/C22H30N2O3S/c1-3-18-9-10-21(27-2)22(15-18)28(25,26)23-16-19-11-13-24(14-12-19)17-20-7-5-4-6-8-20/h4-10,15,19,23H,3,11-14,16-17H2,1-2H3. The molecule has 1 saturated heterocycles. The van der Waals surface area contributed by atoms with Crippen molar-refractivity contribution in [3.05, 3.63) is 59.7 Å². The molecule has 1 aliphatic heterocycles. The van der Waals surface area contributed by atoms with Crippen LogP contribution in [0.1, 0.15) is 30.9 Å². The quantitative estimate of drug-likeness (QED) is 0.735. The topological polar surface area (TPSA) is 58.6 Å². The van der Waals surface area contributed by atoms with Gasteiger partial charge < -0.3 is 4.74 Å². The van der Waals surface area contributed by atoms with Crippen molar-refractivity contribution in [3.63, 3.8) is 0 Å². The monoisotopic (exact) mass is 402 g/mol. The van der Waals surface area contributed by atoms with Crippen LogP contribution < -0.4 is 9.46 Å². The molecule has 0 bridgehead atoms. The summed E-state index contributed by atoms with van der Waals surface area (Å²) in [5.41, 5.74) is 2.31. The van der Waals surface area contributed by atoms with Crippen LogP contribution in [0.25, 0.3) is 0 Å². The highest BCUT2D eigenvalue weighted by Gasteiger charge is 2.24. The average molecular weight is 403 g/mol. The number of methoxy groups -OCH3 is 1. The summed E-state index contributed by atoms with van der Waals surface area (Å²) in [6, 6.07) is 15.8. The van der Waals surface area contributed by atoms with Gasteiger partial charge in [0.1, 0.15) is 10.6 Å². The summed E-state index contributed by atoms with van der Waals surface area (Å²) in [5, 5.41) is 0. The highest BCUT2D eigenvalue weighted by molar-refractivity contribution is 7.89. The van der Waals surface area contributed by atoms with E-state index in [1.165, 1.54) is 12.7 Å². The van der Waals surface area contributed by atoms with Gasteiger partial charge in [0.25, 0.3) is 0 Å². The number of aryl methyl sites for hydroxylation is 1. The molecule has 6 heteroatoms. The smallest absolute Gasteiger partial charge is 0.244 e. The number of rotatable bonds is 8. The normalized spacial score (nSPS) is 16.2. The molecule has 0 unspecified atom stereocenters. The Morgan fingerprint density at radius 3 is 2.43 bits per heavy atom. The molecule has 0 saturated carbocycles. The van der Waals surface area contributed by atoms with Crippen molar-refractivity contribution >= 4 is 10.0 Å². The van der Waals surface area contributed by atoms with Crippen LogP contribution in [0.4, 0.5) is 0 Å². The van der Waals surface area contributed by atoms with Crippen LogP contribution in [0.5, 0.6) is 5.75 Å². The molecule has 1 fully saturated rings. The van der Waals surface area contributed by atoms with E-state index in [0.29, 0.717) is 18.2 Å². The highest BCUT2D eigenvalue weighted by atomic mass is 32.2. The third-order valence-electron chi connectivity index (χ3n) is 5.44. The van der Waals surface area contributed by atoms with Crippen LogP contribution in [0.3, 0.4) is 0 Å². The predicted octanol–water partition coefficient (Wildman–Crippen LogP) is 3.45. The molecule has 1 aliphatic rings. The van der Waals surface area contributed by atoms with Crippen LogP contribution >= 0.6 is 0 Å². The Kier molecular flexibility index (Phi) is 7.10. The molecular formula is C22H30N2O3S. The molecule has 0 amide bonds. The summed E-state index contributed by atoms with van der Waals surface area (Å²) < 4.78 is 33.7. The molecule has 2 aromatic carbocycles. The first-order chi connectivity index (χ1) is 13.5. The van der Waals surface area contributed by atoms with E-state index in [4.69, 9.17) is 4.74 Å². The number of sulfonamides is 1. The molecule has 1 N–H and O–H groups in total. The van der Waals surface area contributed by atoms with Gasteiger partial charge >= 0.3 is 0 Å². The molecule has 5 nitrogen and oxygen atoms in total. The molecule has 0 radical (unpaired) electrons. The summed E-state index contributed by atoms with van der Waals surface area (Å²) in [6.45, 7) is 5.43. The zero-order chi connectivity index (χ0) is 20.0. The maximum absolute atomic E-state index is 12.8. The van der Waals surface area contributed by atoms with E-state index in [1.54, 1.807) is 12.1 Å². The predicted molar refractivity (Wildman–Crippen MR) is 112 cm³/mol. The van der Waals surface area contributed by atoms with Gasteiger partial charge in [-0.3, -0.25) is 4.90 Å². The SMILES string of the molecule is CCc1ccc(OC)c(S(=O)(=O)NCC2CCN(Cc3ccccc3)CC2)c1. The van der Waals surface area contributed by atoms with Crippen LogP contribution in [0.15, 0.2) is 53.4 Å². The Labute approximate surface area is 168 Å². The second kappa shape index (κ2) is 9.54.